The van der Waals surface area contributed by atoms with E-state index >= 15 is 0 Å². The Bertz CT molecular complexity index is 1230. The lowest BCUT2D eigenvalue weighted by atomic mass is 10.1. The molecule has 1 amide bonds. The zero-order chi connectivity index (χ0) is 22.7. The highest BCUT2D eigenvalue weighted by Gasteiger charge is 2.18. The number of aromatic nitrogens is 2. The molecule has 0 aliphatic rings. The van der Waals surface area contributed by atoms with Gasteiger partial charge in [-0.05, 0) is 29.9 Å². The van der Waals surface area contributed by atoms with Crippen molar-refractivity contribution >= 4 is 44.7 Å². The van der Waals surface area contributed by atoms with Crippen molar-refractivity contribution in [2.24, 2.45) is 5.92 Å². The normalized spacial score (nSPS) is 11.2. The molecule has 8 nitrogen and oxygen atoms in total. The molecule has 2 aromatic heterocycles. The molecule has 0 aliphatic carbocycles. The van der Waals surface area contributed by atoms with E-state index < -0.39 is 11.6 Å². The first-order chi connectivity index (χ1) is 14.8. The van der Waals surface area contributed by atoms with Crippen molar-refractivity contribution in [3.05, 3.63) is 49.4 Å². The maximum Gasteiger partial charge on any atom is 0.332 e. The highest BCUT2D eigenvalue weighted by Crippen LogP contribution is 2.35. The molecule has 0 saturated heterocycles. The molecule has 0 aliphatic heterocycles. The number of hydrogen-bond acceptors (Lipinski definition) is 6. The summed E-state index contributed by atoms with van der Waals surface area (Å²) >= 11 is 7.42. The first-order valence-corrected chi connectivity index (χ1v) is 10.9. The van der Waals surface area contributed by atoms with Crippen LogP contribution in [0.25, 0.3) is 10.2 Å². The Labute approximate surface area is 188 Å². The van der Waals surface area contributed by atoms with Gasteiger partial charge in [-0.25, -0.2) is 4.79 Å². The summed E-state index contributed by atoms with van der Waals surface area (Å²) in [5.74, 6) is 0.645. The summed E-state index contributed by atoms with van der Waals surface area (Å²) in [6, 6.07) is 4.75. The zero-order valence-electron chi connectivity index (χ0n) is 17.7. The summed E-state index contributed by atoms with van der Waals surface area (Å²) in [5, 5.41) is 4.76. The number of thiophene rings is 1. The third kappa shape index (κ3) is 4.77. The van der Waals surface area contributed by atoms with Gasteiger partial charge in [0.15, 0.2) is 0 Å². The number of nitrogens with zero attached hydrogens (tertiary/aromatic N) is 2. The lowest BCUT2D eigenvalue weighted by Crippen LogP contribution is -2.41. The number of rotatable bonds is 8. The molecular weight excluding hydrogens is 442 g/mol. The predicted octanol–water partition coefficient (Wildman–Crippen LogP) is 3.58. The Morgan fingerprint density at radius 3 is 2.52 bits per heavy atom. The maximum absolute atomic E-state index is 13.1. The van der Waals surface area contributed by atoms with Crippen LogP contribution in [0.4, 0.5) is 5.69 Å². The van der Waals surface area contributed by atoms with E-state index in [1.807, 2.05) is 13.8 Å². The molecular formula is C21H24ClN3O5S. The summed E-state index contributed by atoms with van der Waals surface area (Å²) in [5.41, 5.74) is -0.0425. The van der Waals surface area contributed by atoms with E-state index in [1.165, 1.54) is 40.8 Å². The minimum absolute atomic E-state index is 0.263. The van der Waals surface area contributed by atoms with Gasteiger partial charge in [-0.15, -0.1) is 11.3 Å². The first-order valence-electron chi connectivity index (χ1n) is 9.69. The van der Waals surface area contributed by atoms with Gasteiger partial charge < -0.3 is 14.8 Å². The summed E-state index contributed by atoms with van der Waals surface area (Å²) in [6.07, 6.45) is 0.680. The lowest BCUT2D eigenvalue weighted by molar-refractivity contribution is -0.116. The van der Waals surface area contributed by atoms with Crippen molar-refractivity contribution < 1.29 is 14.3 Å². The molecule has 0 fully saturated rings. The van der Waals surface area contributed by atoms with Crippen LogP contribution in [0.1, 0.15) is 20.3 Å². The number of halogens is 1. The van der Waals surface area contributed by atoms with Crippen molar-refractivity contribution in [3.8, 4) is 11.5 Å². The average Bonchev–Trinajstić information content (AvgIpc) is 3.21. The van der Waals surface area contributed by atoms with Gasteiger partial charge in [0.2, 0.25) is 5.91 Å². The number of ether oxygens (including phenoxy) is 2. The quantitative estimate of drug-likeness (QED) is 0.549. The molecule has 0 atom stereocenters. The fourth-order valence-electron chi connectivity index (χ4n) is 3.16. The van der Waals surface area contributed by atoms with E-state index in [4.69, 9.17) is 21.1 Å². The van der Waals surface area contributed by atoms with E-state index in [0.717, 1.165) is 0 Å². The summed E-state index contributed by atoms with van der Waals surface area (Å²) in [4.78, 5) is 38.6. The van der Waals surface area contributed by atoms with Gasteiger partial charge in [0.05, 0.1) is 30.4 Å². The van der Waals surface area contributed by atoms with E-state index in [0.29, 0.717) is 51.3 Å². The number of hydrogen-bond donors (Lipinski definition) is 1. The average molecular weight is 466 g/mol. The maximum atomic E-state index is 13.1. The fraction of sp³-hybridized carbons (Fsp3) is 0.381. The minimum atomic E-state index is -0.508. The molecule has 2 heterocycles. The Morgan fingerprint density at radius 2 is 1.87 bits per heavy atom. The van der Waals surface area contributed by atoms with Crippen molar-refractivity contribution in [1.29, 1.82) is 0 Å². The Kier molecular flexibility index (Phi) is 7.07. The number of fused-ring (bicyclic) bond motifs is 1. The van der Waals surface area contributed by atoms with Crippen molar-refractivity contribution in [1.82, 2.24) is 9.13 Å². The third-order valence-corrected chi connectivity index (χ3v) is 6.00. The molecule has 1 aromatic carbocycles. The van der Waals surface area contributed by atoms with E-state index in [2.05, 4.69) is 5.32 Å². The van der Waals surface area contributed by atoms with Crippen LogP contribution in [0.2, 0.25) is 5.02 Å². The number of methoxy groups -OCH3 is 2. The second kappa shape index (κ2) is 9.57. The molecule has 0 spiro atoms. The van der Waals surface area contributed by atoms with Crippen LogP contribution >= 0.6 is 22.9 Å². The largest absolute Gasteiger partial charge is 0.495 e. The Balaban J connectivity index is 1.96. The molecule has 1 N–H and O–H groups in total. The monoisotopic (exact) mass is 465 g/mol. The molecule has 0 bridgehead atoms. The molecule has 0 saturated carbocycles. The standard InChI is InChI=1S/C21H24ClN3O5S/c1-12(2)5-7-24-20(27)19-15(6-8-31-19)25(21(24)28)11-18(26)23-14-9-13(22)16(29-3)10-17(14)30-4/h6,8-10,12H,5,7,11H2,1-4H3,(H,23,26). The van der Waals surface area contributed by atoms with Gasteiger partial charge in [0.1, 0.15) is 22.7 Å². The van der Waals surface area contributed by atoms with Crippen molar-refractivity contribution in [2.75, 3.05) is 19.5 Å². The molecule has 3 rings (SSSR count). The topological polar surface area (TPSA) is 91.6 Å². The van der Waals surface area contributed by atoms with Crippen LogP contribution < -0.4 is 26.0 Å². The zero-order valence-corrected chi connectivity index (χ0v) is 19.3. The van der Waals surface area contributed by atoms with Crippen molar-refractivity contribution in [3.63, 3.8) is 0 Å². The molecule has 3 aromatic rings. The SMILES string of the molecule is COc1cc(OC)c(NC(=O)Cn2c(=O)n(CCC(C)C)c(=O)c3sccc32)cc1Cl. The smallest absolute Gasteiger partial charge is 0.332 e. The molecule has 0 unspecified atom stereocenters. The lowest BCUT2D eigenvalue weighted by Gasteiger charge is -2.15. The number of carbonyl (C=O) groups excluding carboxylic acids is 1. The molecule has 0 radical (unpaired) electrons. The minimum Gasteiger partial charge on any atom is -0.495 e. The molecule has 31 heavy (non-hydrogen) atoms. The van der Waals surface area contributed by atoms with Gasteiger partial charge in [-0.1, -0.05) is 25.4 Å². The van der Waals surface area contributed by atoms with Gasteiger partial charge in [-0.2, -0.15) is 0 Å². The van der Waals surface area contributed by atoms with Crippen LogP contribution in [0.15, 0.2) is 33.2 Å². The van der Waals surface area contributed by atoms with Crippen LogP contribution in [0, 0.1) is 5.92 Å². The van der Waals surface area contributed by atoms with Crippen LogP contribution in [-0.2, 0) is 17.9 Å². The highest BCUT2D eigenvalue weighted by molar-refractivity contribution is 7.17. The van der Waals surface area contributed by atoms with E-state index in [-0.39, 0.29) is 12.1 Å². The summed E-state index contributed by atoms with van der Waals surface area (Å²) in [6.45, 7) is 4.08. The van der Waals surface area contributed by atoms with Gasteiger partial charge >= 0.3 is 5.69 Å². The summed E-state index contributed by atoms with van der Waals surface area (Å²) in [7, 11) is 2.94. The second-order valence-corrected chi connectivity index (χ2v) is 8.70. The fourth-order valence-corrected chi connectivity index (χ4v) is 4.25. The van der Waals surface area contributed by atoms with Crippen molar-refractivity contribution in [2.45, 2.75) is 33.4 Å². The molecule has 166 valence electrons. The van der Waals surface area contributed by atoms with Crippen LogP contribution in [-0.4, -0.2) is 29.3 Å². The van der Waals surface area contributed by atoms with Crippen LogP contribution in [0.5, 0.6) is 11.5 Å². The number of amides is 1. The first kappa shape index (κ1) is 22.9. The van der Waals surface area contributed by atoms with Crippen LogP contribution in [0.3, 0.4) is 0 Å². The summed E-state index contributed by atoms with van der Waals surface area (Å²) < 4.78 is 13.4. The third-order valence-electron chi connectivity index (χ3n) is 4.82. The Hall–Kier alpha value is -2.78. The Morgan fingerprint density at radius 1 is 1.16 bits per heavy atom. The second-order valence-electron chi connectivity index (χ2n) is 7.38. The highest BCUT2D eigenvalue weighted by atomic mass is 35.5. The van der Waals surface area contributed by atoms with E-state index in [1.54, 1.807) is 17.5 Å². The molecule has 10 heteroatoms. The van der Waals surface area contributed by atoms with Gasteiger partial charge in [-0.3, -0.25) is 18.7 Å². The number of carbonyl (C=O) groups is 1. The number of nitrogens with one attached hydrogen (secondary N) is 1. The van der Waals surface area contributed by atoms with Gasteiger partial charge in [0, 0.05) is 12.6 Å². The predicted molar refractivity (Wildman–Crippen MR) is 123 cm³/mol. The van der Waals surface area contributed by atoms with E-state index in [9.17, 15) is 14.4 Å². The van der Waals surface area contributed by atoms with Gasteiger partial charge in [0.25, 0.3) is 5.56 Å². The number of anilines is 1. The number of benzene rings is 1.